The second-order valence-corrected chi connectivity index (χ2v) is 5.56. The normalized spacial score (nSPS) is 20.9. The predicted molar refractivity (Wildman–Crippen MR) is 74.0 cm³/mol. The lowest BCUT2D eigenvalue weighted by Crippen LogP contribution is -2.55. The fourth-order valence-electron chi connectivity index (χ4n) is 2.94. The summed E-state index contributed by atoms with van der Waals surface area (Å²) in [5.74, 6) is 0.502. The van der Waals surface area contributed by atoms with Gasteiger partial charge in [0, 0.05) is 43.9 Å². The molecule has 0 bridgehead atoms. The summed E-state index contributed by atoms with van der Waals surface area (Å²) in [5, 5.41) is 0. The summed E-state index contributed by atoms with van der Waals surface area (Å²) in [7, 11) is 0. The van der Waals surface area contributed by atoms with Crippen molar-refractivity contribution in [1.29, 1.82) is 0 Å². The third kappa shape index (κ3) is 2.28. The van der Waals surface area contributed by atoms with Gasteiger partial charge in [0.25, 0.3) is 0 Å². The Balaban J connectivity index is 1.57. The molecule has 2 saturated heterocycles. The van der Waals surface area contributed by atoms with Crippen LogP contribution in [0.5, 0.6) is 0 Å². The molecule has 1 aromatic heterocycles. The SMILES string of the molecule is C[C@@H](C(=O)N1CC(c2ccccn2)C1)N1CCCC1=O. The number of rotatable bonds is 3. The van der Waals surface area contributed by atoms with Crippen LogP contribution in [0.15, 0.2) is 24.4 Å². The van der Waals surface area contributed by atoms with Crippen molar-refractivity contribution in [2.24, 2.45) is 0 Å². The minimum atomic E-state index is -0.324. The molecular formula is C15H19N3O2. The molecule has 5 heteroatoms. The first-order chi connectivity index (χ1) is 9.66. The van der Waals surface area contributed by atoms with Gasteiger partial charge in [-0.15, -0.1) is 0 Å². The molecule has 2 aliphatic heterocycles. The first kappa shape index (κ1) is 13.1. The molecule has 5 nitrogen and oxygen atoms in total. The van der Waals surface area contributed by atoms with Crippen LogP contribution in [0.2, 0.25) is 0 Å². The molecule has 0 aromatic carbocycles. The number of pyridine rings is 1. The zero-order chi connectivity index (χ0) is 14.1. The van der Waals surface area contributed by atoms with E-state index in [0.717, 1.165) is 12.1 Å². The van der Waals surface area contributed by atoms with Crippen molar-refractivity contribution in [3.8, 4) is 0 Å². The third-order valence-electron chi connectivity index (χ3n) is 4.23. The Bertz CT molecular complexity index is 511. The van der Waals surface area contributed by atoms with E-state index in [1.54, 1.807) is 11.1 Å². The smallest absolute Gasteiger partial charge is 0.245 e. The van der Waals surface area contributed by atoms with E-state index in [0.29, 0.717) is 32.0 Å². The quantitative estimate of drug-likeness (QED) is 0.826. The van der Waals surface area contributed by atoms with Crippen LogP contribution in [0, 0.1) is 0 Å². The van der Waals surface area contributed by atoms with Crippen LogP contribution < -0.4 is 0 Å². The van der Waals surface area contributed by atoms with Crippen LogP contribution in [0.4, 0.5) is 0 Å². The van der Waals surface area contributed by atoms with Gasteiger partial charge in [-0.3, -0.25) is 14.6 Å². The highest BCUT2D eigenvalue weighted by molar-refractivity contribution is 5.88. The van der Waals surface area contributed by atoms with Crippen molar-refractivity contribution in [2.75, 3.05) is 19.6 Å². The Morgan fingerprint density at radius 3 is 2.80 bits per heavy atom. The summed E-state index contributed by atoms with van der Waals surface area (Å²) in [4.78, 5) is 31.9. The third-order valence-corrected chi connectivity index (χ3v) is 4.23. The topological polar surface area (TPSA) is 53.5 Å². The van der Waals surface area contributed by atoms with E-state index in [2.05, 4.69) is 4.98 Å². The van der Waals surface area contributed by atoms with Crippen LogP contribution in [0.1, 0.15) is 31.4 Å². The minimum absolute atomic E-state index is 0.0624. The highest BCUT2D eigenvalue weighted by atomic mass is 16.2. The van der Waals surface area contributed by atoms with Crippen LogP contribution in [-0.2, 0) is 9.59 Å². The average molecular weight is 273 g/mol. The highest BCUT2D eigenvalue weighted by Gasteiger charge is 2.38. The van der Waals surface area contributed by atoms with E-state index in [-0.39, 0.29) is 17.9 Å². The van der Waals surface area contributed by atoms with Crippen molar-refractivity contribution in [3.63, 3.8) is 0 Å². The lowest BCUT2D eigenvalue weighted by Gasteiger charge is -2.41. The van der Waals surface area contributed by atoms with Crippen LogP contribution in [-0.4, -0.2) is 52.3 Å². The number of carbonyl (C=O) groups excluding carboxylic acids is 2. The van der Waals surface area contributed by atoms with Gasteiger partial charge in [0.15, 0.2) is 0 Å². The van der Waals surface area contributed by atoms with Gasteiger partial charge in [-0.2, -0.15) is 0 Å². The monoisotopic (exact) mass is 273 g/mol. The second-order valence-electron chi connectivity index (χ2n) is 5.56. The molecule has 0 aliphatic carbocycles. The maximum absolute atomic E-state index is 12.3. The van der Waals surface area contributed by atoms with Crippen LogP contribution in [0.25, 0.3) is 0 Å². The number of aromatic nitrogens is 1. The molecule has 2 amide bonds. The van der Waals surface area contributed by atoms with Gasteiger partial charge in [-0.25, -0.2) is 0 Å². The van der Waals surface area contributed by atoms with Gasteiger partial charge in [0.2, 0.25) is 11.8 Å². The molecule has 106 valence electrons. The number of hydrogen-bond donors (Lipinski definition) is 0. The fraction of sp³-hybridized carbons (Fsp3) is 0.533. The summed E-state index contributed by atoms with van der Waals surface area (Å²) in [5.41, 5.74) is 1.04. The van der Waals surface area contributed by atoms with E-state index in [4.69, 9.17) is 0 Å². The number of likely N-dealkylation sites (tertiary alicyclic amines) is 2. The van der Waals surface area contributed by atoms with Gasteiger partial charge in [0.05, 0.1) is 0 Å². The first-order valence-corrected chi connectivity index (χ1v) is 7.16. The van der Waals surface area contributed by atoms with E-state index < -0.39 is 0 Å². The maximum Gasteiger partial charge on any atom is 0.245 e. The van der Waals surface area contributed by atoms with Crippen molar-refractivity contribution >= 4 is 11.8 Å². The molecule has 0 radical (unpaired) electrons. The minimum Gasteiger partial charge on any atom is -0.339 e. The zero-order valence-electron chi connectivity index (χ0n) is 11.7. The molecule has 0 spiro atoms. The largest absolute Gasteiger partial charge is 0.339 e. The molecule has 3 heterocycles. The van der Waals surface area contributed by atoms with Crippen LogP contribution >= 0.6 is 0 Å². The first-order valence-electron chi connectivity index (χ1n) is 7.16. The summed E-state index contributed by atoms with van der Waals surface area (Å²) in [6.45, 7) is 3.97. The van der Waals surface area contributed by atoms with Crippen molar-refractivity contribution in [3.05, 3.63) is 30.1 Å². The molecule has 0 saturated carbocycles. The van der Waals surface area contributed by atoms with E-state index in [9.17, 15) is 9.59 Å². The van der Waals surface area contributed by atoms with Gasteiger partial charge >= 0.3 is 0 Å². The van der Waals surface area contributed by atoms with Crippen molar-refractivity contribution in [2.45, 2.75) is 31.7 Å². The molecule has 3 rings (SSSR count). The molecule has 20 heavy (non-hydrogen) atoms. The Kier molecular flexibility index (Phi) is 3.42. The number of hydrogen-bond acceptors (Lipinski definition) is 3. The van der Waals surface area contributed by atoms with Gasteiger partial charge < -0.3 is 9.80 Å². The van der Waals surface area contributed by atoms with E-state index in [1.165, 1.54) is 0 Å². The van der Waals surface area contributed by atoms with E-state index in [1.807, 2.05) is 30.0 Å². The highest BCUT2D eigenvalue weighted by Crippen LogP contribution is 2.27. The van der Waals surface area contributed by atoms with Gasteiger partial charge in [0.1, 0.15) is 6.04 Å². The second kappa shape index (κ2) is 5.23. The van der Waals surface area contributed by atoms with Crippen molar-refractivity contribution in [1.82, 2.24) is 14.8 Å². The summed E-state index contributed by atoms with van der Waals surface area (Å²) < 4.78 is 0. The number of carbonyl (C=O) groups is 2. The Labute approximate surface area is 118 Å². The summed E-state index contributed by atoms with van der Waals surface area (Å²) >= 11 is 0. The summed E-state index contributed by atoms with van der Waals surface area (Å²) in [6.07, 6.45) is 3.23. The number of nitrogens with zero attached hydrogens (tertiary/aromatic N) is 3. The van der Waals surface area contributed by atoms with E-state index >= 15 is 0 Å². The molecular weight excluding hydrogens is 254 g/mol. The van der Waals surface area contributed by atoms with Crippen molar-refractivity contribution < 1.29 is 9.59 Å². The molecule has 1 aromatic rings. The molecule has 0 unspecified atom stereocenters. The Hall–Kier alpha value is -1.91. The molecule has 0 N–H and O–H groups in total. The Morgan fingerprint density at radius 2 is 2.20 bits per heavy atom. The Morgan fingerprint density at radius 1 is 1.40 bits per heavy atom. The zero-order valence-corrected chi connectivity index (χ0v) is 11.7. The predicted octanol–water partition coefficient (Wildman–Crippen LogP) is 1.02. The standard InChI is InChI=1S/C15H19N3O2/c1-11(18-8-4-6-14(18)19)15(20)17-9-12(10-17)13-5-2-3-7-16-13/h2-3,5,7,11-12H,4,6,8-10H2,1H3/t11-/m0/s1. The molecule has 2 aliphatic rings. The van der Waals surface area contributed by atoms with Gasteiger partial charge in [-0.1, -0.05) is 6.07 Å². The summed E-state index contributed by atoms with van der Waals surface area (Å²) in [6, 6.07) is 5.54. The molecule has 2 fully saturated rings. The number of amides is 2. The molecule has 1 atom stereocenters. The maximum atomic E-state index is 12.3. The lowest BCUT2D eigenvalue weighted by atomic mass is 9.95. The van der Waals surface area contributed by atoms with Gasteiger partial charge in [-0.05, 0) is 25.5 Å². The average Bonchev–Trinajstić information content (AvgIpc) is 2.83. The fourth-order valence-corrected chi connectivity index (χ4v) is 2.94. The van der Waals surface area contributed by atoms with Crippen LogP contribution in [0.3, 0.4) is 0 Å². The lowest BCUT2D eigenvalue weighted by molar-refractivity contribution is -0.146.